The normalized spacial score (nSPS) is 22.2. The molecule has 1 atom stereocenters. The van der Waals surface area contributed by atoms with Gasteiger partial charge in [-0.1, -0.05) is 13.3 Å². The van der Waals surface area contributed by atoms with Gasteiger partial charge >= 0.3 is 0 Å². The van der Waals surface area contributed by atoms with Crippen molar-refractivity contribution in [2.24, 2.45) is 5.92 Å². The highest BCUT2D eigenvalue weighted by molar-refractivity contribution is 9.10. The molecule has 3 heteroatoms. The molecule has 0 amide bonds. The Labute approximate surface area is 106 Å². The van der Waals surface area contributed by atoms with Crippen molar-refractivity contribution in [2.45, 2.75) is 32.7 Å². The van der Waals surface area contributed by atoms with Gasteiger partial charge in [-0.05, 0) is 53.4 Å². The molecule has 16 heavy (non-hydrogen) atoms. The van der Waals surface area contributed by atoms with Gasteiger partial charge in [0.15, 0.2) is 0 Å². The van der Waals surface area contributed by atoms with Gasteiger partial charge in [-0.25, -0.2) is 0 Å². The fourth-order valence-electron chi connectivity index (χ4n) is 2.36. The predicted molar refractivity (Wildman–Crippen MR) is 70.2 cm³/mol. The van der Waals surface area contributed by atoms with Gasteiger partial charge < -0.3 is 0 Å². The van der Waals surface area contributed by atoms with E-state index in [4.69, 9.17) is 0 Å². The number of likely N-dealkylation sites (tertiary alicyclic amines) is 1. The van der Waals surface area contributed by atoms with E-state index in [9.17, 15) is 0 Å². The highest BCUT2D eigenvalue weighted by Crippen LogP contribution is 2.20. The minimum absolute atomic E-state index is 0.893. The van der Waals surface area contributed by atoms with Crippen LogP contribution < -0.4 is 0 Å². The van der Waals surface area contributed by atoms with Crippen LogP contribution in [0.3, 0.4) is 0 Å². The third kappa shape index (κ3) is 3.29. The van der Waals surface area contributed by atoms with Crippen LogP contribution in [0.15, 0.2) is 22.8 Å². The van der Waals surface area contributed by atoms with Crippen LogP contribution in [0.1, 0.15) is 31.9 Å². The molecular formula is C13H19BrN2. The van der Waals surface area contributed by atoms with Crippen molar-refractivity contribution in [1.82, 2.24) is 9.88 Å². The largest absolute Gasteiger partial charge is 0.297 e. The van der Waals surface area contributed by atoms with Crippen LogP contribution in [-0.4, -0.2) is 23.0 Å². The standard InChI is InChI=1S/C13H19BrN2/c1-2-11-4-3-7-16(9-11)10-13-6-5-12(14)8-15-13/h5-6,8,11H,2-4,7,9-10H2,1H3. The summed E-state index contributed by atoms with van der Waals surface area (Å²) in [6.45, 7) is 5.78. The number of piperidine rings is 1. The maximum Gasteiger partial charge on any atom is 0.0544 e. The second-order valence-corrected chi connectivity index (χ2v) is 5.54. The average Bonchev–Trinajstić information content (AvgIpc) is 2.32. The number of pyridine rings is 1. The first-order chi connectivity index (χ1) is 7.78. The summed E-state index contributed by atoms with van der Waals surface area (Å²) < 4.78 is 1.06. The minimum Gasteiger partial charge on any atom is -0.297 e. The molecule has 0 saturated carbocycles. The molecule has 0 aromatic carbocycles. The van der Waals surface area contributed by atoms with E-state index in [0.717, 1.165) is 16.9 Å². The van der Waals surface area contributed by atoms with Crippen molar-refractivity contribution in [3.05, 3.63) is 28.5 Å². The second-order valence-electron chi connectivity index (χ2n) is 4.62. The molecule has 0 aliphatic carbocycles. The first-order valence-corrected chi connectivity index (χ1v) is 6.90. The van der Waals surface area contributed by atoms with Crippen molar-refractivity contribution in [3.8, 4) is 0 Å². The van der Waals surface area contributed by atoms with Crippen molar-refractivity contribution < 1.29 is 0 Å². The number of hydrogen-bond donors (Lipinski definition) is 0. The molecule has 0 bridgehead atoms. The van der Waals surface area contributed by atoms with E-state index in [1.165, 1.54) is 38.0 Å². The highest BCUT2D eigenvalue weighted by Gasteiger charge is 2.18. The van der Waals surface area contributed by atoms with Gasteiger partial charge in [0.1, 0.15) is 0 Å². The second kappa shape index (κ2) is 5.78. The minimum atomic E-state index is 0.893. The molecule has 0 N–H and O–H groups in total. The summed E-state index contributed by atoms with van der Waals surface area (Å²) in [5.41, 5.74) is 1.18. The maximum atomic E-state index is 4.43. The highest BCUT2D eigenvalue weighted by atomic mass is 79.9. The lowest BCUT2D eigenvalue weighted by molar-refractivity contribution is 0.163. The molecule has 2 nitrogen and oxygen atoms in total. The molecule has 1 aliphatic heterocycles. The average molecular weight is 283 g/mol. The lowest BCUT2D eigenvalue weighted by Gasteiger charge is -2.31. The number of nitrogens with zero attached hydrogens (tertiary/aromatic N) is 2. The van der Waals surface area contributed by atoms with E-state index < -0.39 is 0 Å². The van der Waals surface area contributed by atoms with Gasteiger partial charge in [-0.15, -0.1) is 0 Å². The predicted octanol–water partition coefficient (Wildman–Crippen LogP) is 3.47. The van der Waals surface area contributed by atoms with Crippen LogP contribution in [0.25, 0.3) is 0 Å². The molecule has 1 aromatic heterocycles. The quantitative estimate of drug-likeness (QED) is 0.844. The zero-order valence-corrected chi connectivity index (χ0v) is 11.4. The van der Waals surface area contributed by atoms with Crippen molar-refractivity contribution in [3.63, 3.8) is 0 Å². The molecule has 0 radical (unpaired) electrons. The summed E-state index contributed by atoms with van der Waals surface area (Å²) in [6, 6.07) is 4.18. The number of hydrogen-bond acceptors (Lipinski definition) is 2. The third-order valence-electron chi connectivity index (χ3n) is 3.35. The Morgan fingerprint density at radius 1 is 1.50 bits per heavy atom. The van der Waals surface area contributed by atoms with E-state index in [1.54, 1.807) is 0 Å². The third-order valence-corrected chi connectivity index (χ3v) is 3.82. The molecule has 1 saturated heterocycles. The molecule has 0 spiro atoms. The summed E-state index contributed by atoms with van der Waals surface area (Å²) in [5.74, 6) is 0.893. The van der Waals surface area contributed by atoms with Crippen molar-refractivity contribution in [1.29, 1.82) is 0 Å². The molecule has 1 fully saturated rings. The number of rotatable bonds is 3. The Kier molecular flexibility index (Phi) is 4.36. The number of aromatic nitrogens is 1. The van der Waals surface area contributed by atoms with Gasteiger partial charge in [0.2, 0.25) is 0 Å². The van der Waals surface area contributed by atoms with Gasteiger partial charge in [0.25, 0.3) is 0 Å². The molecule has 2 rings (SSSR count). The molecule has 1 aromatic rings. The van der Waals surface area contributed by atoms with E-state index >= 15 is 0 Å². The topological polar surface area (TPSA) is 16.1 Å². The van der Waals surface area contributed by atoms with Crippen LogP contribution in [0, 0.1) is 5.92 Å². The molecule has 88 valence electrons. The van der Waals surface area contributed by atoms with E-state index in [1.807, 2.05) is 6.20 Å². The van der Waals surface area contributed by atoms with Crippen molar-refractivity contribution in [2.75, 3.05) is 13.1 Å². The SMILES string of the molecule is CCC1CCCN(Cc2ccc(Br)cn2)C1. The smallest absolute Gasteiger partial charge is 0.0544 e. The first-order valence-electron chi connectivity index (χ1n) is 6.10. The van der Waals surface area contributed by atoms with Gasteiger partial charge in [0, 0.05) is 23.8 Å². The Balaban J connectivity index is 1.91. The van der Waals surface area contributed by atoms with E-state index in [2.05, 4.69) is 44.9 Å². The van der Waals surface area contributed by atoms with E-state index in [0.29, 0.717) is 0 Å². The summed E-state index contributed by atoms with van der Waals surface area (Å²) in [7, 11) is 0. The Hall–Kier alpha value is -0.410. The monoisotopic (exact) mass is 282 g/mol. The Morgan fingerprint density at radius 2 is 2.38 bits per heavy atom. The Morgan fingerprint density at radius 3 is 3.06 bits per heavy atom. The summed E-state index contributed by atoms with van der Waals surface area (Å²) in [5, 5.41) is 0. The lowest BCUT2D eigenvalue weighted by Crippen LogP contribution is -2.34. The molecular weight excluding hydrogens is 264 g/mol. The van der Waals surface area contributed by atoms with Crippen LogP contribution in [0.2, 0.25) is 0 Å². The number of halogens is 1. The van der Waals surface area contributed by atoms with Crippen molar-refractivity contribution >= 4 is 15.9 Å². The zero-order valence-electron chi connectivity index (χ0n) is 9.82. The van der Waals surface area contributed by atoms with Gasteiger partial charge in [0.05, 0.1) is 5.69 Å². The van der Waals surface area contributed by atoms with Crippen LogP contribution in [0.4, 0.5) is 0 Å². The summed E-state index contributed by atoms with van der Waals surface area (Å²) >= 11 is 3.42. The van der Waals surface area contributed by atoms with Crippen LogP contribution in [-0.2, 0) is 6.54 Å². The maximum absolute atomic E-state index is 4.43. The van der Waals surface area contributed by atoms with Crippen LogP contribution in [0.5, 0.6) is 0 Å². The van der Waals surface area contributed by atoms with E-state index in [-0.39, 0.29) is 0 Å². The van der Waals surface area contributed by atoms with Gasteiger partial charge in [-0.3, -0.25) is 9.88 Å². The summed E-state index contributed by atoms with van der Waals surface area (Å²) in [6.07, 6.45) is 5.94. The van der Waals surface area contributed by atoms with Crippen LogP contribution >= 0.6 is 15.9 Å². The summed E-state index contributed by atoms with van der Waals surface area (Å²) in [4.78, 5) is 6.97. The molecule has 1 unspecified atom stereocenters. The fraction of sp³-hybridized carbons (Fsp3) is 0.615. The molecule has 2 heterocycles. The fourth-order valence-corrected chi connectivity index (χ4v) is 2.59. The van der Waals surface area contributed by atoms with Gasteiger partial charge in [-0.2, -0.15) is 0 Å². The zero-order chi connectivity index (χ0) is 11.4. The molecule has 1 aliphatic rings. The Bertz CT molecular complexity index is 323. The lowest BCUT2D eigenvalue weighted by atomic mass is 9.95. The first kappa shape index (κ1) is 12.1.